The first-order valence-corrected chi connectivity index (χ1v) is 7.97. The van der Waals surface area contributed by atoms with E-state index >= 15 is 0 Å². The maximum Gasteiger partial charge on any atom is 0.119 e. The van der Waals surface area contributed by atoms with E-state index in [0.29, 0.717) is 5.92 Å². The van der Waals surface area contributed by atoms with Crippen LogP contribution in [0, 0.1) is 11.8 Å². The van der Waals surface area contributed by atoms with Crippen molar-refractivity contribution in [3.8, 4) is 5.75 Å². The van der Waals surface area contributed by atoms with E-state index in [9.17, 15) is 0 Å². The van der Waals surface area contributed by atoms with Gasteiger partial charge >= 0.3 is 0 Å². The van der Waals surface area contributed by atoms with Crippen molar-refractivity contribution >= 4 is 31.9 Å². The second-order valence-corrected chi connectivity index (χ2v) is 6.30. The van der Waals surface area contributed by atoms with Crippen LogP contribution >= 0.6 is 31.9 Å². The van der Waals surface area contributed by atoms with Gasteiger partial charge in [-0.3, -0.25) is 0 Å². The van der Waals surface area contributed by atoms with E-state index in [1.165, 1.54) is 6.42 Å². The second-order valence-electron chi connectivity index (χ2n) is 4.74. The quantitative estimate of drug-likeness (QED) is 0.599. The molecule has 17 heavy (non-hydrogen) atoms. The van der Waals surface area contributed by atoms with Gasteiger partial charge in [-0.25, -0.2) is 0 Å². The Kier molecular flexibility index (Phi) is 7.21. The Morgan fingerprint density at radius 2 is 1.82 bits per heavy atom. The predicted molar refractivity (Wildman–Crippen MR) is 81.0 cm³/mol. The van der Waals surface area contributed by atoms with Crippen molar-refractivity contribution in [1.82, 2.24) is 0 Å². The van der Waals surface area contributed by atoms with Crippen LogP contribution in [0.1, 0.15) is 26.7 Å². The summed E-state index contributed by atoms with van der Waals surface area (Å²) < 4.78 is 6.82. The van der Waals surface area contributed by atoms with Crippen LogP contribution in [0.2, 0.25) is 0 Å². The Balaban J connectivity index is 2.28. The fourth-order valence-corrected chi connectivity index (χ4v) is 2.65. The van der Waals surface area contributed by atoms with Gasteiger partial charge in [0.15, 0.2) is 0 Å². The minimum Gasteiger partial charge on any atom is -0.494 e. The van der Waals surface area contributed by atoms with Gasteiger partial charge in [0, 0.05) is 9.80 Å². The first-order chi connectivity index (χ1) is 8.11. The van der Waals surface area contributed by atoms with Crippen molar-refractivity contribution < 1.29 is 4.74 Å². The van der Waals surface area contributed by atoms with Crippen LogP contribution in [-0.2, 0) is 0 Å². The molecule has 1 aromatic carbocycles. The maximum absolute atomic E-state index is 5.73. The van der Waals surface area contributed by atoms with Gasteiger partial charge in [-0.05, 0) is 48.9 Å². The number of alkyl halides is 1. The van der Waals surface area contributed by atoms with Gasteiger partial charge in [-0.15, -0.1) is 0 Å². The predicted octanol–water partition coefficient (Wildman–Crippen LogP) is 5.28. The summed E-state index contributed by atoms with van der Waals surface area (Å²) in [6, 6.07) is 8.00. The van der Waals surface area contributed by atoms with Crippen LogP contribution in [-0.4, -0.2) is 11.9 Å². The van der Waals surface area contributed by atoms with E-state index in [4.69, 9.17) is 4.74 Å². The van der Waals surface area contributed by atoms with Crippen LogP contribution in [0.5, 0.6) is 5.75 Å². The Morgan fingerprint density at radius 3 is 2.35 bits per heavy atom. The number of benzene rings is 1. The van der Waals surface area contributed by atoms with Crippen molar-refractivity contribution in [3.05, 3.63) is 28.7 Å². The SMILES string of the molecule is CC(C)CC(CBr)CCOc1ccc(Br)cc1. The lowest BCUT2D eigenvalue weighted by Gasteiger charge is -2.16. The van der Waals surface area contributed by atoms with E-state index in [1.807, 2.05) is 24.3 Å². The smallest absolute Gasteiger partial charge is 0.119 e. The Morgan fingerprint density at radius 1 is 1.18 bits per heavy atom. The van der Waals surface area contributed by atoms with Crippen molar-refractivity contribution in [2.24, 2.45) is 11.8 Å². The molecule has 0 bridgehead atoms. The zero-order valence-electron chi connectivity index (χ0n) is 10.5. The van der Waals surface area contributed by atoms with Gasteiger partial charge in [-0.2, -0.15) is 0 Å². The maximum atomic E-state index is 5.73. The molecule has 0 radical (unpaired) electrons. The normalized spacial score (nSPS) is 12.8. The molecule has 1 aromatic rings. The minimum absolute atomic E-state index is 0.713. The molecule has 0 aromatic heterocycles. The van der Waals surface area contributed by atoms with Gasteiger partial charge in [0.1, 0.15) is 5.75 Å². The molecule has 0 fully saturated rings. The number of ether oxygens (including phenoxy) is 1. The molecule has 1 unspecified atom stereocenters. The summed E-state index contributed by atoms with van der Waals surface area (Å²) in [4.78, 5) is 0. The highest BCUT2D eigenvalue weighted by molar-refractivity contribution is 9.10. The highest BCUT2D eigenvalue weighted by Gasteiger charge is 2.09. The average molecular weight is 364 g/mol. The molecule has 1 rings (SSSR count). The van der Waals surface area contributed by atoms with E-state index in [-0.39, 0.29) is 0 Å². The summed E-state index contributed by atoms with van der Waals surface area (Å²) in [6.07, 6.45) is 2.37. The van der Waals surface area contributed by atoms with Gasteiger partial charge in [0.25, 0.3) is 0 Å². The number of hydrogen-bond donors (Lipinski definition) is 0. The molecular weight excluding hydrogens is 344 g/mol. The van der Waals surface area contributed by atoms with Crippen LogP contribution in [0.15, 0.2) is 28.7 Å². The van der Waals surface area contributed by atoms with Crippen LogP contribution in [0.25, 0.3) is 0 Å². The summed E-state index contributed by atoms with van der Waals surface area (Å²) >= 11 is 6.99. The average Bonchev–Trinajstić information content (AvgIpc) is 2.30. The van der Waals surface area contributed by atoms with Crippen LogP contribution < -0.4 is 4.74 Å². The van der Waals surface area contributed by atoms with E-state index < -0.39 is 0 Å². The highest BCUT2D eigenvalue weighted by Crippen LogP contribution is 2.20. The van der Waals surface area contributed by atoms with E-state index in [1.54, 1.807) is 0 Å². The largest absolute Gasteiger partial charge is 0.494 e. The van der Waals surface area contributed by atoms with E-state index in [2.05, 4.69) is 45.7 Å². The molecule has 3 heteroatoms. The third-order valence-electron chi connectivity index (χ3n) is 2.63. The number of halogens is 2. The lowest BCUT2D eigenvalue weighted by Crippen LogP contribution is -2.11. The molecule has 0 spiro atoms. The van der Waals surface area contributed by atoms with Crippen molar-refractivity contribution in [1.29, 1.82) is 0 Å². The summed E-state index contributed by atoms with van der Waals surface area (Å²) in [5.41, 5.74) is 0. The number of rotatable bonds is 7. The summed E-state index contributed by atoms with van der Waals surface area (Å²) in [6.45, 7) is 5.33. The monoisotopic (exact) mass is 362 g/mol. The Bertz CT molecular complexity index is 309. The van der Waals surface area contributed by atoms with Crippen molar-refractivity contribution in [2.75, 3.05) is 11.9 Å². The first-order valence-electron chi connectivity index (χ1n) is 6.06. The van der Waals surface area contributed by atoms with Crippen LogP contribution in [0.4, 0.5) is 0 Å². The molecular formula is C14H20Br2O. The molecule has 0 aliphatic rings. The molecule has 1 nitrogen and oxygen atoms in total. The second kappa shape index (κ2) is 8.15. The van der Waals surface area contributed by atoms with Gasteiger partial charge in [0.2, 0.25) is 0 Å². The van der Waals surface area contributed by atoms with Crippen LogP contribution in [0.3, 0.4) is 0 Å². The minimum atomic E-state index is 0.713. The summed E-state index contributed by atoms with van der Waals surface area (Å²) in [5.74, 6) is 2.42. The first kappa shape index (κ1) is 15.0. The topological polar surface area (TPSA) is 9.23 Å². The van der Waals surface area contributed by atoms with Crippen molar-refractivity contribution in [3.63, 3.8) is 0 Å². The Labute approximate surface area is 121 Å². The van der Waals surface area contributed by atoms with Gasteiger partial charge in [0.05, 0.1) is 6.61 Å². The third kappa shape index (κ3) is 6.46. The molecule has 0 saturated heterocycles. The number of hydrogen-bond acceptors (Lipinski definition) is 1. The highest BCUT2D eigenvalue weighted by atomic mass is 79.9. The lowest BCUT2D eigenvalue weighted by atomic mass is 9.96. The summed E-state index contributed by atoms with van der Waals surface area (Å²) in [5, 5.41) is 1.06. The summed E-state index contributed by atoms with van der Waals surface area (Å²) in [7, 11) is 0. The molecule has 0 aliphatic carbocycles. The fourth-order valence-electron chi connectivity index (χ4n) is 1.80. The standard InChI is InChI=1S/C14H20Br2O/c1-11(2)9-12(10-15)7-8-17-14-5-3-13(16)4-6-14/h3-6,11-12H,7-10H2,1-2H3. The van der Waals surface area contributed by atoms with Gasteiger partial charge < -0.3 is 4.74 Å². The molecule has 0 saturated carbocycles. The Hall–Kier alpha value is -0.0200. The molecule has 0 N–H and O–H groups in total. The molecule has 96 valence electrons. The lowest BCUT2D eigenvalue weighted by molar-refractivity contribution is 0.272. The molecule has 0 heterocycles. The molecule has 0 amide bonds. The third-order valence-corrected chi connectivity index (χ3v) is 4.08. The van der Waals surface area contributed by atoms with E-state index in [0.717, 1.165) is 34.5 Å². The van der Waals surface area contributed by atoms with Crippen molar-refractivity contribution in [2.45, 2.75) is 26.7 Å². The molecule has 0 aliphatic heterocycles. The fraction of sp³-hybridized carbons (Fsp3) is 0.571. The van der Waals surface area contributed by atoms with Gasteiger partial charge in [-0.1, -0.05) is 45.7 Å². The zero-order chi connectivity index (χ0) is 12.7. The molecule has 1 atom stereocenters. The zero-order valence-corrected chi connectivity index (χ0v) is 13.6.